The zero-order valence-electron chi connectivity index (χ0n) is 11.0. The number of anilines is 1. The number of hydrogen-bond acceptors (Lipinski definition) is 3. The zero-order valence-corrected chi connectivity index (χ0v) is 11.0. The molecular formula is C14H16N2O3. The van der Waals surface area contributed by atoms with Crippen LogP contribution in [0.3, 0.4) is 0 Å². The van der Waals surface area contributed by atoms with Crippen LogP contribution in [-0.4, -0.2) is 28.7 Å². The number of rotatable bonds is 3. The number of hydrogen-bond donors (Lipinski definition) is 1. The van der Waals surface area contributed by atoms with Crippen molar-refractivity contribution in [1.82, 2.24) is 4.90 Å². The van der Waals surface area contributed by atoms with Gasteiger partial charge in [-0.15, -0.1) is 0 Å². The summed E-state index contributed by atoms with van der Waals surface area (Å²) in [6.07, 6.45) is 0.391. The Hall–Kier alpha value is -2.17. The molecule has 1 heterocycles. The standard InChI is InChI=1S/C14H16N2O3/c1-9-4-3-5-11(8-9)15-14(19)10(2)16-12(17)6-7-13(16)18/h3-5,8,10H,6-7H2,1-2H3,(H,15,19)/t10-/m1/s1. The van der Waals surface area contributed by atoms with Crippen LogP contribution in [0.4, 0.5) is 5.69 Å². The van der Waals surface area contributed by atoms with Gasteiger partial charge in [-0.25, -0.2) is 0 Å². The predicted octanol–water partition coefficient (Wildman–Crippen LogP) is 1.47. The number of carbonyl (C=O) groups is 3. The van der Waals surface area contributed by atoms with Gasteiger partial charge in [0.2, 0.25) is 17.7 Å². The Kier molecular flexibility index (Phi) is 3.64. The SMILES string of the molecule is Cc1cccc(NC(=O)[C@@H](C)N2C(=O)CCC2=O)c1. The second-order valence-electron chi connectivity index (χ2n) is 4.69. The van der Waals surface area contributed by atoms with Crippen molar-refractivity contribution in [3.05, 3.63) is 29.8 Å². The third-order valence-corrected chi connectivity index (χ3v) is 3.14. The molecule has 0 saturated carbocycles. The highest BCUT2D eigenvalue weighted by Gasteiger charge is 2.36. The molecule has 1 aliphatic rings. The smallest absolute Gasteiger partial charge is 0.247 e. The molecule has 0 radical (unpaired) electrons. The number of nitrogens with one attached hydrogen (secondary N) is 1. The lowest BCUT2D eigenvalue weighted by atomic mass is 10.2. The van der Waals surface area contributed by atoms with Gasteiger partial charge < -0.3 is 5.32 Å². The lowest BCUT2D eigenvalue weighted by molar-refractivity contribution is -0.144. The molecule has 1 aromatic rings. The molecule has 5 heteroatoms. The van der Waals surface area contributed by atoms with E-state index >= 15 is 0 Å². The third kappa shape index (κ3) is 2.81. The molecule has 1 aliphatic heterocycles. The zero-order chi connectivity index (χ0) is 14.0. The average Bonchev–Trinajstić information content (AvgIpc) is 2.68. The maximum atomic E-state index is 12.0. The fourth-order valence-corrected chi connectivity index (χ4v) is 2.11. The van der Waals surface area contributed by atoms with Crippen molar-refractivity contribution in [2.75, 3.05) is 5.32 Å². The Morgan fingerprint density at radius 2 is 1.89 bits per heavy atom. The van der Waals surface area contributed by atoms with Crippen LogP contribution in [0.15, 0.2) is 24.3 Å². The first-order valence-electron chi connectivity index (χ1n) is 6.21. The lowest BCUT2D eigenvalue weighted by Gasteiger charge is -2.21. The van der Waals surface area contributed by atoms with Crippen LogP contribution < -0.4 is 5.32 Å². The third-order valence-electron chi connectivity index (χ3n) is 3.14. The number of aryl methyl sites for hydroxylation is 1. The molecule has 0 bridgehead atoms. The summed E-state index contributed by atoms with van der Waals surface area (Å²) in [5.74, 6) is -0.914. The molecule has 1 saturated heterocycles. The van der Waals surface area contributed by atoms with Gasteiger partial charge in [0.25, 0.3) is 0 Å². The average molecular weight is 260 g/mol. The van der Waals surface area contributed by atoms with Crippen LogP contribution in [0, 0.1) is 6.92 Å². The van der Waals surface area contributed by atoms with Crippen molar-refractivity contribution in [3.63, 3.8) is 0 Å². The van der Waals surface area contributed by atoms with E-state index in [1.807, 2.05) is 25.1 Å². The van der Waals surface area contributed by atoms with Crippen LogP contribution >= 0.6 is 0 Å². The number of nitrogens with zero attached hydrogens (tertiary/aromatic N) is 1. The first-order valence-corrected chi connectivity index (χ1v) is 6.21. The molecule has 0 aromatic heterocycles. The Bertz CT molecular complexity index is 523. The van der Waals surface area contributed by atoms with E-state index < -0.39 is 6.04 Å². The fourth-order valence-electron chi connectivity index (χ4n) is 2.11. The molecule has 19 heavy (non-hydrogen) atoms. The van der Waals surface area contributed by atoms with Crippen LogP contribution in [0.5, 0.6) is 0 Å². The molecule has 1 aromatic carbocycles. The molecule has 100 valence electrons. The van der Waals surface area contributed by atoms with Crippen molar-refractivity contribution in [2.24, 2.45) is 0 Å². The minimum Gasteiger partial charge on any atom is -0.324 e. The van der Waals surface area contributed by atoms with Crippen LogP contribution in [0.25, 0.3) is 0 Å². The Balaban J connectivity index is 2.07. The van der Waals surface area contributed by atoms with Crippen molar-refractivity contribution < 1.29 is 14.4 Å². The Labute approximate surface area is 111 Å². The van der Waals surface area contributed by atoms with Crippen molar-refractivity contribution >= 4 is 23.4 Å². The normalized spacial score (nSPS) is 16.6. The van der Waals surface area contributed by atoms with Crippen molar-refractivity contribution in [3.8, 4) is 0 Å². The molecule has 2 rings (SSSR count). The van der Waals surface area contributed by atoms with Gasteiger partial charge in [0.05, 0.1) is 0 Å². The molecule has 0 spiro atoms. The first kappa shape index (κ1) is 13.3. The molecule has 0 unspecified atom stereocenters. The van der Waals surface area contributed by atoms with E-state index in [0.29, 0.717) is 5.69 Å². The summed E-state index contributed by atoms with van der Waals surface area (Å²) in [5, 5.41) is 2.72. The second kappa shape index (κ2) is 5.22. The van der Waals surface area contributed by atoms with E-state index in [9.17, 15) is 14.4 Å². The summed E-state index contributed by atoms with van der Waals surface area (Å²) < 4.78 is 0. The van der Waals surface area contributed by atoms with Gasteiger partial charge >= 0.3 is 0 Å². The monoisotopic (exact) mass is 260 g/mol. The summed E-state index contributed by atoms with van der Waals surface area (Å²) in [7, 11) is 0. The minimum atomic E-state index is -0.775. The number of amides is 3. The van der Waals surface area contributed by atoms with E-state index in [4.69, 9.17) is 0 Å². The lowest BCUT2D eigenvalue weighted by Crippen LogP contribution is -2.44. The predicted molar refractivity (Wildman–Crippen MR) is 70.4 cm³/mol. The van der Waals surface area contributed by atoms with Crippen molar-refractivity contribution in [1.29, 1.82) is 0 Å². The largest absolute Gasteiger partial charge is 0.324 e. The van der Waals surface area contributed by atoms with E-state index in [-0.39, 0.29) is 30.6 Å². The topological polar surface area (TPSA) is 66.5 Å². The van der Waals surface area contributed by atoms with Gasteiger partial charge in [-0.2, -0.15) is 0 Å². The highest BCUT2D eigenvalue weighted by Crippen LogP contribution is 2.17. The summed E-state index contributed by atoms with van der Waals surface area (Å²) in [6, 6.07) is 6.58. The van der Waals surface area contributed by atoms with E-state index in [2.05, 4.69) is 5.32 Å². The first-order chi connectivity index (χ1) is 8.99. The quantitative estimate of drug-likeness (QED) is 0.837. The molecule has 0 aliphatic carbocycles. The molecule has 1 fully saturated rings. The van der Waals surface area contributed by atoms with Gasteiger partial charge in [-0.05, 0) is 31.5 Å². The number of imide groups is 1. The van der Waals surface area contributed by atoms with Gasteiger partial charge in [-0.3, -0.25) is 19.3 Å². The molecule has 3 amide bonds. The van der Waals surface area contributed by atoms with Gasteiger partial charge in [0.1, 0.15) is 6.04 Å². The van der Waals surface area contributed by atoms with Gasteiger partial charge in [0.15, 0.2) is 0 Å². The van der Waals surface area contributed by atoms with Crippen LogP contribution in [-0.2, 0) is 14.4 Å². The molecule has 5 nitrogen and oxygen atoms in total. The number of carbonyl (C=O) groups excluding carboxylic acids is 3. The van der Waals surface area contributed by atoms with E-state index in [0.717, 1.165) is 10.5 Å². The number of likely N-dealkylation sites (tertiary alicyclic amines) is 1. The van der Waals surface area contributed by atoms with Crippen LogP contribution in [0.2, 0.25) is 0 Å². The van der Waals surface area contributed by atoms with E-state index in [1.165, 1.54) is 0 Å². The fraction of sp³-hybridized carbons (Fsp3) is 0.357. The van der Waals surface area contributed by atoms with Gasteiger partial charge in [-0.1, -0.05) is 12.1 Å². The number of benzene rings is 1. The maximum absolute atomic E-state index is 12.0. The molecule has 1 atom stereocenters. The summed E-state index contributed by atoms with van der Waals surface area (Å²) in [6.45, 7) is 3.48. The van der Waals surface area contributed by atoms with Crippen LogP contribution in [0.1, 0.15) is 25.3 Å². The molecular weight excluding hydrogens is 244 g/mol. The summed E-state index contributed by atoms with van der Waals surface area (Å²) in [4.78, 5) is 36.2. The maximum Gasteiger partial charge on any atom is 0.247 e. The Morgan fingerprint density at radius 3 is 2.47 bits per heavy atom. The minimum absolute atomic E-state index is 0.195. The second-order valence-corrected chi connectivity index (χ2v) is 4.69. The summed E-state index contributed by atoms with van der Waals surface area (Å²) >= 11 is 0. The highest BCUT2D eigenvalue weighted by atomic mass is 16.2. The Morgan fingerprint density at radius 1 is 1.26 bits per heavy atom. The summed E-state index contributed by atoms with van der Waals surface area (Å²) in [5.41, 5.74) is 1.69. The van der Waals surface area contributed by atoms with Gasteiger partial charge in [0, 0.05) is 18.5 Å². The van der Waals surface area contributed by atoms with E-state index in [1.54, 1.807) is 13.0 Å². The molecule has 1 N–H and O–H groups in total. The highest BCUT2D eigenvalue weighted by molar-refractivity contribution is 6.07. The van der Waals surface area contributed by atoms with Crippen molar-refractivity contribution in [2.45, 2.75) is 32.7 Å².